The molecule has 1 fully saturated rings. The highest BCUT2D eigenvalue weighted by molar-refractivity contribution is 6.31. The summed E-state index contributed by atoms with van der Waals surface area (Å²) in [5.74, 6) is 0.0936. The molecule has 3 aromatic carbocycles. The van der Waals surface area contributed by atoms with Crippen molar-refractivity contribution in [3.05, 3.63) is 95.0 Å². The summed E-state index contributed by atoms with van der Waals surface area (Å²) in [7, 11) is 0. The summed E-state index contributed by atoms with van der Waals surface area (Å²) in [6.45, 7) is 4.86. The van der Waals surface area contributed by atoms with E-state index in [9.17, 15) is 4.79 Å². The summed E-state index contributed by atoms with van der Waals surface area (Å²) in [4.78, 5) is 14.9. The van der Waals surface area contributed by atoms with Crippen molar-refractivity contribution < 1.29 is 4.79 Å². The highest BCUT2D eigenvalue weighted by atomic mass is 35.5. The molecule has 0 radical (unpaired) electrons. The average molecular weight is 448 g/mol. The molecule has 4 rings (SSSR count). The van der Waals surface area contributed by atoms with Gasteiger partial charge < -0.3 is 10.6 Å². The molecular formula is C27H30ClN3O. The highest BCUT2D eigenvalue weighted by Crippen LogP contribution is 2.25. The van der Waals surface area contributed by atoms with Crippen LogP contribution in [0.15, 0.2) is 78.9 Å². The molecule has 4 nitrogen and oxygen atoms in total. The zero-order valence-electron chi connectivity index (χ0n) is 18.4. The van der Waals surface area contributed by atoms with Crippen molar-refractivity contribution in [1.29, 1.82) is 0 Å². The van der Waals surface area contributed by atoms with E-state index < -0.39 is 0 Å². The van der Waals surface area contributed by atoms with Gasteiger partial charge in [0.2, 0.25) is 5.91 Å². The topological polar surface area (TPSA) is 44.4 Å². The number of carbonyl (C=O) groups excluding carboxylic acids is 1. The number of nitrogens with zero attached hydrogens (tertiary/aromatic N) is 1. The van der Waals surface area contributed by atoms with Crippen molar-refractivity contribution in [2.75, 3.05) is 13.1 Å². The summed E-state index contributed by atoms with van der Waals surface area (Å²) in [6.07, 6.45) is 0.790. The molecule has 1 heterocycles. The minimum absolute atomic E-state index is 0.0936. The van der Waals surface area contributed by atoms with Crippen LogP contribution >= 0.6 is 11.6 Å². The van der Waals surface area contributed by atoms with Crippen molar-refractivity contribution in [3.8, 4) is 11.1 Å². The fourth-order valence-corrected chi connectivity index (χ4v) is 4.54. The van der Waals surface area contributed by atoms with Gasteiger partial charge in [0.05, 0.1) is 6.04 Å². The van der Waals surface area contributed by atoms with Crippen LogP contribution in [0.3, 0.4) is 0 Å². The number of hydrogen-bond acceptors (Lipinski definition) is 3. The first-order valence-corrected chi connectivity index (χ1v) is 11.6. The van der Waals surface area contributed by atoms with Gasteiger partial charge in [-0.05, 0) is 41.7 Å². The van der Waals surface area contributed by atoms with Crippen LogP contribution in [0.5, 0.6) is 0 Å². The Labute approximate surface area is 195 Å². The first kappa shape index (κ1) is 22.5. The molecule has 0 spiro atoms. The lowest BCUT2D eigenvalue weighted by Crippen LogP contribution is -2.42. The minimum atomic E-state index is -0.149. The molecule has 3 aromatic rings. The Bertz CT molecular complexity index is 1020. The molecular weight excluding hydrogens is 418 g/mol. The van der Waals surface area contributed by atoms with E-state index >= 15 is 0 Å². The normalized spacial score (nSPS) is 18.6. The van der Waals surface area contributed by atoms with Crippen molar-refractivity contribution in [2.24, 2.45) is 0 Å². The summed E-state index contributed by atoms with van der Waals surface area (Å²) in [5, 5.41) is 7.40. The van der Waals surface area contributed by atoms with Crippen LogP contribution in [0.2, 0.25) is 5.02 Å². The van der Waals surface area contributed by atoms with E-state index in [0.717, 1.165) is 30.1 Å². The number of carbonyl (C=O) groups is 1. The predicted molar refractivity (Wildman–Crippen MR) is 131 cm³/mol. The molecule has 0 aliphatic carbocycles. The molecule has 1 saturated heterocycles. The lowest BCUT2D eigenvalue weighted by Gasteiger charge is -2.23. The van der Waals surface area contributed by atoms with Crippen LogP contribution in [0.25, 0.3) is 11.1 Å². The summed E-state index contributed by atoms with van der Waals surface area (Å²) in [5.41, 5.74) is 4.74. The molecule has 166 valence electrons. The van der Waals surface area contributed by atoms with Crippen molar-refractivity contribution in [3.63, 3.8) is 0 Å². The Morgan fingerprint density at radius 2 is 1.66 bits per heavy atom. The lowest BCUT2D eigenvalue weighted by atomic mass is 10.0. The SMILES string of the molecule is CCNC(=O)[C@@H]1C[C@@H](NCc2ccc(-c3ccccc3)cc2)CN1Cc1ccccc1Cl. The van der Waals surface area contributed by atoms with Crippen LogP contribution in [-0.2, 0) is 17.9 Å². The maximum absolute atomic E-state index is 12.7. The predicted octanol–water partition coefficient (Wildman–Crippen LogP) is 4.88. The van der Waals surface area contributed by atoms with Gasteiger partial charge in [-0.25, -0.2) is 0 Å². The number of halogens is 1. The number of likely N-dealkylation sites (tertiary alicyclic amines) is 1. The summed E-state index contributed by atoms with van der Waals surface area (Å²) >= 11 is 6.38. The Morgan fingerprint density at radius 1 is 0.969 bits per heavy atom. The number of nitrogens with one attached hydrogen (secondary N) is 2. The maximum Gasteiger partial charge on any atom is 0.237 e. The molecule has 2 atom stereocenters. The van der Waals surface area contributed by atoms with Gasteiger partial charge in [-0.2, -0.15) is 0 Å². The van der Waals surface area contributed by atoms with Gasteiger partial charge in [0, 0.05) is 37.2 Å². The average Bonchev–Trinajstić information content (AvgIpc) is 3.23. The van der Waals surface area contributed by atoms with E-state index in [1.54, 1.807) is 0 Å². The van der Waals surface area contributed by atoms with Crippen LogP contribution in [0.4, 0.5) is 0 Å². The third kappa shape index (κ3) is 5.57. The van der Waals surface area contributed by atoms with Gasteiger partial charge in [0.1, 0.15) is 0 Å². The quantitative estimate of drug-likeness (QED) is 0.517. The molecule has 32 heavy (non-hydrogen) atoms. The van der Waals surface area contributed by atoms with Crippen LogP contribution in [0.1, 0.15) is 24.5 Å². The third-order valence-electron chi connectivity index (χ3n) is 6.04. The van der Waals surface area contributed by atoms with E-state index in [0.29, 0.717) is 13.1 Å². The molecule has 0 aromatic heterocycles. The number of amides is 1. The number of rotatable bonds is 8. The van der Waals surface area contributed by atoms with Gasteiger partial charge in [0.25, 0.3) is 0 Å². The first-order valence-electron chi connectivity index (χ1n) is 11.3. The smallest absolute Gasteiger partial charge is 0.237 e. The summed E-state index contributed by atoms with van der Waals surface area (Å²) < 4.78 is 0. The van der Waals surface area contributed by atoms with Crippen LogP contribution in [0, 0.1) is 0 Å². The standard InChI is InChI=1S/C27H30ClN3O/c1-2-29-27(32)26-16-24(19-31(26)18-23-10-6-7-11-25(23)28)30-17-20-12-14-22(15-13-20)21-8-4-3-5-9-21/h3-15,24,26,30H,2,16-19H2,1H3,(H,29,32)/t24-,26+/m1/s1. The zero-order chi connectivity index (χ0) is 22.3. The van der Waals surface area contributed by atoms with E-state index in [1.165, 1.54) is 16.7 Å². The number of likely N-dealkylation sites (N-methyl/N-ethyl adjacent to an activating group) is 1. The second-order valence-electron chi connectivity index (χ2n) is 8.31. The minimum Gasteiger partial charge on any atom is -0.355 e. The van der Waals surface area contributed by atoms with Crippen molar-refractivity contribution >= 4 is 17.5 Å². The fraction of sp³-hybridized carbons (Fsp3) is 0.296. The zero-order valence-corrected chi connectivity index (χ0v) is 19.2. The Balaban J connectivity index is 1.39. The third-order valence-corrected chi connectivity index (χ3v) is 6.41. The van der Waals surface area contributed by atoms with Crippen molar-refractivity contribution in [1.82, 2.24) is 15.5 Å². The number of hydrogen-bond donors (Lipinski definition) is 2. The van der Waals surface area contributed by atoms with Crippen LogP contribution < -0.4 is 10.6 Å². The highest BCUT2D eigenvalue weighted by Gasteiger charge is 2.36. The molecule has 1 aliphatic rings. The molecule has 1 amide bonds. The largest absolute Gasteiger partial charge is 0.355 e. The van der Waals surface area contributed by atoms with E-state index in [1.807, 2.05) is 37.3 Å². The van der Waals surface area contributed by atoms with Gasteiger partial charge >= 0.3 is 0 Å². The van der Waals surface area contributed by atoms with E-state index in [4.69, 9.17) is 11.6 Å². The summed E-state index contributed by atoms with van der Waals surface area (Å²) in [6, 6.07) is 27.1. The molecule has 2 N–H and O–H groups in total. The van der Waals surface area contributed by atoms with Gasteiger partial charge in [0.15, 0.2) is 0 Å². The fourth-order valence-electron chi connectivity index (χ4n) is 4.34. The van der Waals surface area contributed by atoms with Gasteiger partial charge in [-0.15, -0.1) is 0 Å². The molecule has 0 saturated carbocycles. The maximum atomic E-state index is 12.7. The molecule has 5 heteroatoms. The van der Waals surface area contributed by atoms with E-state index in [2.05, 4.69) is 64.1 Å². The second-order valence-corrected chi connectivity index (χ2v) is 8.71. The molecule has 0 unspecified atom stereocenters. The second kappa shape index (κ2) is 10.8. The Morgan fingerprint density at radius 3 is 2.38 bits per heavy atom. The first-order chi connectivity index (χ1) is 15.6. The molecule has 1 aliphatic heterocycles. The Kier molecular flexibility index (Phi) is 7.59. The van der Waals surface area contributed by atoms with E-state index in [-0.39, 0.29) is 18.0 Å². The molecule has 0 bridgehead atoms. The lowest BCUT2D eigenvalue weighted by molar-refractivity contribution is -0.125. The Hall–Kier alpha value is -2.66. The monoisotopic (exact) mass is 447 g/mol. The van der Waals surface area contributed by atoms with Gasteiger partial charge in [-0.1, -0.05) is 84.4 Å². The number of benzene rings is 3. The van der Waals surface area contributed by atoms with Crippen LogP contribution in [-0.4, -0.2) is 36.0 Å². The van der Waals surface area contributed by atoms with Gasteiger partial charge in [-0.3, -0.25) is 9.69 Å². The van der Waals surface area contributed by atoms with Crippen molar-refractivity contribution in [2.45, 2.75) is 38.5 Å².